The number of hydrogen-bond donors (Lipinski definition) is 2. The van der Waals surface area contributed by atoms with Gasteiger partial charge in [0.2, 0.25) is 0 Å². The maximum atomic E-state index is 13.4. The lowest BCUT2D eigenvalue weighted by Gasteiger charge is -2.12. The third-order valence-corrected chi connectivity index (χ3v) is 7.21. The lowest BCUT2D eigenvalue weighted by molar-refractivity contribution is -0.117. The fourth-order valence-corrected chi connectivity index (χ4v) is 5.09. The van der Waals surface area contributed by atoms with Crippen LogP contribution in [0.25, 0.3) is 22.3 Å². The van der Waals surface area contributed by atoms with E-state index in [9.17, 15) is 9.59 Å². The van der Waals surface area contributed by atoms with Crippen LogP contribution in [-0.2, 0) is 11.3 Å². The van der Waals surface area contributed by atoms with Crippen molar-refractivity contribution in [3.63, 3.8) is 0 Å². The van der Waals surface area contributed by atoms with Crippen LogP contribution >= 0.6 is 34.5 Å². The Morgan fingerprint density at radius 3 is 2.36 bits per heavy atom. The van der Waals surface area contributed by atoms with Crippen LogP contribution in [0.1, 0.15) is 21.5 Å². The highest BCUT2D eigenvalue weighted by molar-refractivity contribution is 7.13. The summed E-state index contributed by atoms with van der Waals surface area (Å²) < 4.78 is 1.75. The Morgan fingerprint density at radius 1 is 0.923 bits per heavy atom. The molecule has 0 radical (unpaired) electrons. The Hall–Kier alpha value is -4.17. The summed E-state index contributed by atoms with van der Waals surface area (Å²) in [6, 6.07) is 27.7. The van der Waals surface area contributed by atoms with Crippen LogP contribution in [0.2, 0.25) is 10.0 Å². The monoisotopic (exact) mass is 572 g/mol. The van der Waals surface area contributed by atoms with Crippen LogP contribution in [0.15, 0.2) is 108 Å². The quantitative estimate of drug-likeness (QED) is 0.197. The average Bonchev–Trinajstić information content (AvgIpc) is 3.63. The number of amides is 2. The minimum atomic E-state index is -0.536. The van der Waals surface area contributed by atoms with Gasteiger partial charge in [0.15, 0.2) is 0 Å². The molecule has 5 aromatic rings. The van der Waals surface area contributed by atoms with Gasteiger partial charge in [0, 0.05) is 23.3 Å². The first-order chi connectivity index (χ1) is 19.0. The summed E-state index contributed by atoms with van der Waals surface area (Å²) in [6.07, 6.45) is 3.46. The van der Waals surface area contributed by atoms with E-state index in [1.807, 2.05) is 84.4 Å². The number of carbonyl (C=O) groups is 2. The molecule has 2 aromatic heterocycles. The summed E-state index contributed by atoms with van der Waals surface area (Å²) in [7, 11) is 0. The molecule has 2 amide bonds. The smallest absolute Gasteiger partial charge is 0.268 e. The molecule has 9 heteroatoms. The lowest BCUT2D eigenvalue weighted by Crippen LogP contribution is -2.34. The molecule has 0 fully saturated rings. The van der Waals surface area contributed by atoms with Gasteiger partial charge in [-0.2, -0.15) is 5.10 Å². The van der Waals surface area contributed by atoms with Crippen molar-refractivity contribution < 1.29 is 9.59 Å². The first-order valence-electron chi connectivity index (χ1n) is 12.0. The van der Waals surface area contributed by atoms with Crippen molar-refractivity contribution in [3.8, 4) is 16.3 Å². The summed E-state index contributed by atoms with van der Waals surface area (Å²) in [5, 5.41) is 13.0. The zero-order valence-electron chi connectivity index (χ0n) is 20.5. The van der Waals surface area contributed by atoms with E-state index >= 15 is 0 Å². The van der Waals surface area contributed by atoms with Gasteiger partial charge in [-0.05, 0) is 53.4 Å². The molecule has 0 aliphatic carbocycles. The fraction of sp³-hybridized carbons (Fsp3) is 0.0333. The zero-order chi connectivity index (χ0) is 27.2. The van der Waals surface area contributed by atoms with E-state index in [4.69, 9.17) is 28.3 Å². The molecule has 194 valence electrons. The van der Waals surface area contributed by atoms with Crippen molar-refractivity contribution in [1.82, 2.24) is 20.4 Å². The van der Waals surface area contributed by atoms with Crippen molar-refractivity contribution in [2.45, 2.75) is 6.54 Å². The number of halogens is 2. The first-order valence-corrected chi connectivity index (χ1v) is 13.6. The molecule has 39 heavy (non-hydrogen) atoms. The Morgan fingerprint density at radius 2 is 1.67 bits per heavy atom. The highest BCUT2D eigenvalue weighted by atomic mass is 35.5. The number of nitrogens with one attached hydrogen (secondary N) is 2. The van der Waals surface area contributed by atoms with Crippen molar-refractivity contribution in [2.75, 3.05) is 0 Å². The van der Waals surface area contributed by atoms with Gasteiger partial charge in [-0.1, -0.05) is 77.8 Å². The summed E-state index contributed by atoms with van der Waals surface area (Å²) in [4.78, 5) is 27.6. The molecule has 0 saturated heterocycles. The van der Waals surface area contributed by atoms with Gasteiger partial charge in [-0.25, -0.2) is 4.68 Å². The highest BCUT2D eigenvalue weighted by Crippen LogP contribution is 2.29. The van der Waals surface area contributed by atoms with E-state index in [0.717, 1.165) is 16.1 Å². The molecule has 0 aliphatic heterocycles. The second kappa shape index (κ2) is 12.1. The maximum absolute atomic E-state index is 13.4. The number of carbonyl (C=O) groups excluding carboxylic acids is 2. The number of rotatable bonds is 8. The van der Waals surface area contributed by atoms with Crippen molar-refractivity contribution in [1.29, 1.82) is 0 Å². The predicted molar refractivity (Wildman–Crippen MR) is 157 cm³/mol. The van der Waals surface area contributed by atoms with Gasteiger partial charge >= 0.3 is 0 Å². The van der Waals surface area contributed by atoms with Gasteiger partial charge in [0.1, 0.15) is 11.4 Å². The first kappa shape index (κ1) is 26.4. The standard InChI is InChI=1S/C30H22Cl2N4O2S/c31-22-13-14-24(25(32)17-22)29(37)34-26(30(38)33-18-20-8-3-1-4-9-20)16-21-19-36(23-10-5-2-6-11-23)35-28(21)27-12-7-15-39-27/h1-17,19H,18H2,(H,33,38)(H,34,37)/b26-16-. The summed E-state index contributed by atoms with van der Waals surface area (Å²) in [5.41, 5.74) is 3.37. The van der Waals surface area contributed by atoms with Crippen LogP contribution in [0.5, 0.6) is 0 Å². The molecule has 0 atom stereocenters. The summed E-state index contributed by atoms with van der Waals surface area (Å²) in [5.74, 6) is -0.993. The largest absolute Gasteiger partial charge is 0.347 e. The maximum Gasteiger partial charge on any atom is 0.268 e. The van der Waals surface area contributed by atoms with Crippen LogP contribution in [0, 0.1) is 0 Å². The number of thiophene rings is 1. The molecule has 5 rings (SSSR count). The second-order valence-electron chi connectivity index (χ2n) is 8.50. The molecule has 2 N–H and O–H groups in total. The van der Waals surface area contributed by atoms with E-state index in [-0.39, 0.29) is 22.8 Å². The SMILES string of the molecule is O=C(NCc1ccccc1)/C(=C/c1cn(-c2ccccc2)nc1-c1cccs1)NC(=O)c1ccc(Cl)cc1Cl. The Kier molecular flexibility index (Phi) is 8.22. The number of benzene rings is 3. The Balaban J connectivity index is 1.53. The van der Waals surface area contributed by atoms with Gasteiger partial charge in [0.05, 0.1) is 21.2 Å². The summed E-state index contributed by atoms with van der Waals surface area (Å²) >= 11 is 13.8. The summed E-state index contributed by atoms with van der Waals surface area (Å²) in [6.45, 7) is 0.287. The molecular formula is C30H22Cl2N4O2S. The van der Waals surface area contributed by atoms with Crippen molar-refractivity contribution in [2.24, 2.45) is 0 Å². The molecule has 2 heterocycles. The second-order valence-corrected chi connectivity index (χ2v) is 10.3. The minimum Gasteiger partial charge on any atom is -0.347 e. The van der Waals surface area contributed by atoms with Crippen molar-refractivity contribution in [3.05, 3.63) is 135 Å². The Labute approximate surface area is 239 Å². The third kappa shape index (κ3) is 6.46. The fourth-order valence-electron chi connectivity index (χ4n) is 3.86. The Bertz CT molecular complexity index is 1630. The molecular weight excluding hydrogens is 551 g/mol. The van der Waals surface area contributed by atoms with E-state index in [0.29, 0.717) is 16.3 Å². The molecule has 0 spiro atoms. The van der Waals surface area contributed by atoms with Gasteiger partial charge in [-0.3, -0.25) is 9.59 Å². The zero-order valence-corrected chi connectivity index (χ0v) is 22.8. The van der Waals surface area contributed by atoms with Crippen LogP contribution < -0.4 is 10.6 Å². The minimum absolute atomic E-state index is 0.0485. The van der Waals surface area contributed by atoms with E-state index in [1.54, 1.807) is 16.8 Å². The normalized spacial score (nSPS) is 11.3. The van der Waals surface area contributed by atoms with Gasteiger partial charge in [-0.15, -0.1) is 11.3 Å². The van der Waals surface area contributed by atoms with E-state index < -0.39 is 11.8 Å². The lowest BCUT2D eigenvalue weighted by atomic mass is 10.1. The van der Waals surface area contributed by atoms with E-state index in [1.165, 1.54) is 23.5 Å². The van der Waals surface area contributed by atoms with E-state index in [2.05, 4.69) is 10.6 Å². The topological polar surface area (TPSA) is 76.0 Å². The van der Waals surface area contributed by atoms with Gasteiger partial charge < -0.3 is 10.6 Å². The molecule has 3 aromatic carbocycles. The van der Waals surface area contributed by atoms with Crippen LogP contribution in [-0.4, -0.2) is 21.6 Å². The van der Waals surface area contributed by atoms with Gasteiger partial charge in [0.25, 0.3) is 11.8 Å². The molecule has 0 aliphatic rings. The molecule has 0 bridgehead atoms. The number of para-hydroxylation sites is 1. The number of aromatic nitrogens is 2. The highest BCUT2D eigenvalue weighted by Gasteiger charge is 2.19. The number of hydrogen-bond acceptors (Lipinski definition) is 4. The molecule has 0 unspecified atom stereocenters. The third-order valence-electron chi connectivity index (χ3n) is 5.78. The van der Waals surface area contributed by atoms with Crippen LogP contribution in [0.4, 0.5) is 0 Å². The average molecular weight is 574 g/mol. The molecule has 0 saturated carbocycles. The van der Waals surface area contributed by atoms with Crippen LogP contribution in [0.3, 0.4) is 0 Å². The predicted octanol–water partition coefficient (Wildman–Crippen LogP) is 6.99. The number of nitrogens with zero attached hydrogens (tertiary/aromatic N) is 2. The molecule has 6 nitrogen and oxygen atoms in total. The van der Waals surface area contributed by atoms with Crippen molar-refractivity contribution >= 4 is 52.4 Å².